The number of ether oxygens (including phenoxy) is 2. The Morgan fingerprint density at radius 3 is 2.71 bits per heavy atom. The molecule has 2 N–H and O–H groups in total. The number of hydrogen-bond donors (Lipinski definition) is 2. The highest BCUT2D eigenvalue weighted by Crippen LogP contribution is 2.31. The van der Waals surface area contributed by atoms with Gasteiger partial charge >= 0.3 is 6.18 Å². The molecule has 2 aromatic carbocycles. The average Bonchev–Trinajstić information content (AvgIpc) is 3.50. The minimum atomic E-state index is -4.49. The third-order valence-corrected chi connectivity index (χ3v) is 5.95. The van der Waals surface area contributed by atoms with Crippen LogP contribution in [0.2, 0.25) is 0 Å². The highest BCUT2D eigenvalue weighted by Gasteiger charge is 2.36. The van der Waals surface area contributed by atoms with Gasteiger partial charge in [0, 0.05) is 30.7 Å². The first kappa shape index (κ1) is 27.1. The predicted octanol–water partition coefficient (Wildman–Crippen LogP) is 4.62. The molecule has 2 atom stereocenters. The van der Waals surface area contributed by atoms with Gasteiger partial charge in [-0.25, -0.2) is 9.07 Å². The van der Waals surface area contributed by atoms with Gasteiger partial charge in [-0.1, -0.05) is 18.2 Å². The number of halogens is 4. The third-order valence-electron chi connectivity index (χ3n) is 5.95. The lowest BCUT2D eigenvalue weighted by Gasteiger charge is -2.16. The monoisotopic (exact) mass is 534 g/mol. The van der Waals surface area contributed by atoms with Crippen molar-refractivity contribution in [2.45, 2.75) is 39.2 Å². The van der Waals surface area contributed by atoms with Crippen molar-refractivity contribution in [1.29, 1.82) is 0 Å². The molecule has 1 aromatic heterocycles. The van der Waals surface area contributed by atoms with Crippen LogP contribution in [0, 0.1) is 11.7 Å². The second-order valence-corrected chi connectivity index (χ2v) is 8.76. The van der Waals surface area contributed by atoms with Crippen LogP contribution >= 0.6 is 0 Å². The molecule has 1 saturated heterocycles. The van der Waals surface area contributed by atoms with Crippen molar-refractivity contribution in [2.24, 2.45) is 5.92 Å². The van der Waals surface area contributed by atoms with Crippen LogP contribution in [0.5, 0.6) is 5.75 Å². The topological polar surface area (TPSA) is 94.5 Å². The Morgan fingerprint density at radius 1 is 1.24 bits per heavy atom. The summed E-state index contributed by atoms with van der Waals surface area (Å²) in [4.78, 5) is 24.2. The predicted molar refractivity (Wildman–Crippen MR) is 130 cm³/mol. The van der Waals surface area contributed by atoms with Crippen molar-refractivity contribution in [3.63, 3.8) is 0 Å². The molecule has 1 aliphatic heterocycles. The highest BCUT2D eigenvalue weighted by atomic mass is 19.4. The van der Waals surface area contributed by atoms with Gasteiger partial charge in [0.1, 0.15) is 17.3 Å². The van der Waals surface area contributed by atoms with E-state index in [1.165, 1.54) is 28.9 Å². The molecule has 3 aromatic rings. The van der Waals surface area contributed by atoms with Gasteiger partial charge in [-0.2, -0.15) is 13.2 Å². The van der Waals surface area contributed by atoms with Gasteiger partial charge in [-0.3, -0.25) is 9.59 Å². The highest BCUT2D eigenvalue weighted by molar-refractivity contribution is 5.97. The van der Waals surface area contributed by atoms with Crippen LogP contribution in [0.1, 0.15) is 25.8 Å². The zero-order valence-corrected chi connectivity index (χ0v) is 20.6. The van der Waals surface area contributed by atoms with E-state index in [1.807, 2.05) is 0 Å². The summed E-state index contributed by atoms with van der Waals surface area (Å²) < 4.78 is 65.3. The molecule has 0 bridgehead atoms. The Morgan fingerprint density at radius 2 is 2.03 bits per heavy atom. The molecular formula is C26H26F4N4O4. The minimum Gasteiger partial charge on any atom is -0.494 e. The van der Waals surface area contributed by atoms with Crippen LogP contribution in [0.4, 0.5) is 23.4 Å². The largest absolute Gasteiger partial charge is 0.494 e. The Labute approximate surface area is 215 Å². The van der Waals surface area contributed by atoms with Crippen LogP contribution in [-0.2, 0) is 20.9 Å². The summed E-state index contributed by atoms with van der Waals surface area (Å²) in [5.74, 6) is -1.34. The maximum Gasteiger partial charge on any atom is 0.414 e. The smallest absolute Gasteiger partial charge is 0.414 e. The van der Waals surface area contributed by atoms with Crippen LogP contribution in [0.15, 0.2) is 48.5 Å². The zero-order valence-electron chi connectivity index (χ0n) is 20.6. The second kappa shape index (κ2) is 11.2. The van der Waals surface area contributed by atoms with Crippen molar-refractivity contribution < 1.29 is 36.6 Å². The molecule has 0 aliphatic carbocycles. The minimum absolute atomic E-state index is 0.0384. The molecule has 0 radical (unpaired) electrons. The van der Waals surface area contributed by atoms with E-state index in [0.29, 0.717) is 29.2 Å². The number of nitrogens with zero attached hydrogens (tertiary/aromatic N) is 2. The van der Waals surface area contributed by atoms with Crippen LogP contribution in [0.25, 0.3) is 16.9 Å². The number of carbonyl (C=O) groups is 2. The van der Waals surface area contributed by atoms with Gasteiger partial charge in [0.25, 0.3) is 0 Å². The van der Waals surface area contributed by atoms with Gasteiger partial charge in [-0.15, -0.1) is 5.10 Å². The van der Waals surface area contributed by atoms with Crippen LogP contribution < -0.4 is 15.4 Å². The molecule has 0 unspecified atom stereocenters. The van der Waals surface area contributed by atoms with E-state index in [1.54, 1.807) is 31.2 Å². The van der Waals surface area contributed by atoms with Gasteiger partial charge in [0.05, 0.1) is 24.8 Å². The molecule has 1 aliphatic rings. The standard InChI is InChI=1S/C26H26F4N4O4/c1-3-37-19-7-8-20(27)22(11-19)34-21(12-23(33-34)32-25(36)18-10-24(35)31-13-18)17-6-4-5-16(9-17)14-38-15(2)26(28,29)30/h4-9,11-12,15,18H,3,10,13-14H2,1-2H3,(H,31,35)(H,32,33,36)/t15-,18+/m1/s1. The molecular weight excluding hydrogens is 508 g/mol. The van der Waals surface area contributed by atoms with Crippen molar-refractivity contribution in [1.82, 2.24) is 15.1 Å². The fraction of sp³-hybridized carbons (Fsp3) is 0.346. The molecule has 38 heavy (non-hydrogen) atoms. The number of alkyl halides is 3. The molecule has 2 amide bonds. The first-order valence-electron chi connectivity index (χ1n) is 11.9. The summed E-state index contributed by atoms with van der Waals surface area (Å²) in [6, 6.07) is 12.2. The summed E-state index contributed by atoms with van der Waals surface area (Å²) in [5, 5.41) is 9.65. The molecule has 12 heteroatoms. The van der Waals surface area contributed by atoms with E-state index in [2.05, 4.69) is 15.7 Å². The van der Waals surface area contributed by atoms with Crippen molar-refractivity contribution in [3.05, 3.63) is 59.9 Å². The van der Waals surface area contributed by atoms with E-state index in [0.717, 1.165) is 6.92 Å². The number of benzene rings is 2. The number of hydrogen-bond acceptors (Lipinski definition) is 5. The number of carbonyl (C=O) groups excluding carboxylic acids is 2. The Hall–Kier alpha value is -3.93. The number of nitrogens with one attached hydrogen (secondary N) is 2. The maximum absolute atomic E-state index is 15.0. The number of rotatable bonds is 9. The van der Waals surface area contributed by atoms with Crippen LogP contribution in [-0.4, -0.2) is 47.0 Å². The molecule has 202 valence electrons. The SMILES string of the molecule is CCOc1ccc(F)c(-n2nc(NC(=O)[C@@H]3CNC(=O)C3)cc2-c2cccc(CO[C@H](C)C(F)(F)F)c2)c1. The van der Waals surface area contributed by atoms with E-state index in [-0.39, 0.29) is 37.0 Å². The Bertz CT molecular complexity index is 1320. The van der Waals surface area contributed by atoms with E-state index >= 15 is 0 Å². The van der Waals surface area contributed by atoms with Crippen molar-refractivity contribution >= 4 is 17.6 Å². The van der Waals surface area contributed by atoms with E-state index in [4.69, 9.17) is 9.47 Å². The molecule has 2 heterocycles. The first-order valence-corrected chi connectivity index (χ1v) is 11.9. The van der Waals surface area contributed by atoms with Gasteiger partial charge in [-0.05, 0) is 37.6 Å². The maximum atomic E-state index is 15.0. The average molecular weight is 535 g/mol. The summed E-state index contributed by atoms with van der Waals surface area (Å²) in [6.07, 6.45) is -6.40. The number of amides is 2. The van der Waals surface area contributed by atoms with Crippen molar-refractivity contribution in [2.75, 3.05) is 18.5 Å². The number of aromatic nitrogens is 2. The second-order valence-electron chi connectivity index (χ2n) is 8.76. The lowest BCUT2D eigenvalue weighted by molar-refractivity contribution is -0.217. The van der Waals surface area contributed by atoms with Gasteiger partial charge < -0.3 is 20.1 Å². The Balaban J connectivity index is 1.70. The summed E-state index contributed by atoms with van der Waals surface area (Å²) >= 11 is 0. The summed E-state index contributed by atoms with van der Waals surface area (Å²) in [6.45, 7) is 2.96. The fourth-order valence-corrected chi connectivity index (χ4v) is 3.90. The molecule has 4 rings (SSSR count). The lowest BCUT2D eigenvalue weighted by Crippen LogP contribution is -2.28. The fourth-order valence-electron chi connectivity index (χ4n) is 3.90. The zero-order chi connectivity index (χ0) is 27.4. The van der Waals surface area contributed by atoms with Crippen molar-refractivity contribution in [3.8, 4) is 22.7 Å². The Kier molecular flexibility index (Phi) is 8.00. The van der Waals surface area contributed by atoms with Gasteiger partial charge in [0.2, 0.25) is 11.8 Å². The van der Waals surface area contributed by atoms with E-state index in [9.17, 15) is 27.2 Å². The molecule has 1 fully saturated rings. The van der Waals surface area contributed by atoms with E-state index < -0.39 is 29.9 Å². The first-order chi connectivity index (χ1) is 18.0. The molecule has 0 saturated carbocycles. The third kappa shape index (κ3) is 6.31. The van der Waals surface area contributed by atoms with Crippen LogP contribution in [0.3, 0.4) is 0 Å². The van der Waals surface area contributed by atoms with Gasteiger partial charge in [0.15, 0.2) is 11.9 Å². The summed E-state index contributed by atoms with van der Waals surface area (Å²) in [5.41, 5.74) is 1.35. The normalized spacial score (nSPS) is 16.3. The molecule has 0 spiro atoms. The molecule has 8 nitrogen and oxygen atoms in total. The summed E-state index contributed by atoms with van der Waals surface area (Å²) in [7, 11) is 0. The number of anilines is 1. The quantitative estimate of drug-likeness (QED) is 0.391. The lowest BCUT2D eigenvalue weighted by atomic mass is 10.1.